The molecule has 0 aromatic heterocycles. The lowest BCUT2D eigenvalue weighted by Gasteiger charge is -2.22. The molecule has 1 atom stereocenters. The monoisotopic (exact) mass is 203 g/mol. The van der Waals surface area contributed by atoms with Gasteiger partial charge in [-0.25, -0.2) is 4.79 Å². The molecule has 0 spiro atoms. The lowest BCUT2D eigenvalue weighted by Crippen LogP contribution is -2.31. The Morgan fingerprint density at radius 1 is 1.69 bits per heavy atom. The summed E-state index contributed by atoms with van der Waals surface area (Å²) in [5.74, 6) is 0.183. The summed E-state index contributed by atoms with van der Waals surface area (Å²) in [5.41, 5.74) is 0. The minimum absolute atomic E-state index is 0.480. The number of carboxylic acid groups (broad SMARTS) is 1. The predicted molar refractivity (Wildman–Crippen MR) is 57.2 cm³/mol. The zero-order valence-electron chi connectivity index (χ0n) is 8.36. The molecule has 0 aliphatic rings. The Morgan fingerprint density at radius 2 is 2.31 bits per heavy atom. The van der Waals surface area contributed by atoms with Crippen LogP contribution in [0.3, 0.4) is 0 Å². The molecule has 0 radical (unpaired) electrons. The van der Waals surface area contributed by atoms with Gasteiger partial charge in [0, 0.05) is 24.4 Å². The van der Waals surface area contributed by atoms with Crippen molar-refractivity contribution in [3.05, 3.63) is 12.2 Å². The van der Waals surface area contributed by atoms with Crippen molar-refractivity contribution >= 4 is 17.7 Å². The molecule has 1 N–H and O–H groups in total. The highest BCUT2D eigenvalue weighted by atomic mass is 32.2. The number of carboxylic acids is 1. The standard InChI is InChI=1S/C9H17NO2S/c1-8(7-13-3)10(2)6-4-5-9(11)12/h4-5,8H,6-7H2,1-3H3,(H,11,12)/b5-4+. The molecule has 0 saturated carbocycles. The second kappa shape index (κ2) is 6.97. The fourth-order valence-corrected chi connectivity index (χ4v) is 1.61. The van der Waals surface area contributed by atoms with Gasteiger partial charge in [0.25, 0.3) is 0 Å². The minimum atomic E-state index is -0.883. The minimum Gasteiger partial charge on any atom is -0.478 e. The molecule has 76 valence electrons. The summed E-state index contributed by atoms with van der Waals surface area (Å²) in [4.78, 5) is 12.3. The smallest absolute Gasteiger partial charge is 0.328 e. The average Bonchev–Trinajstić information content (AvgIpc) is 2.04. The van der Waals surface area contributed by atoms with Gasteiger partial charge < -0.3 is 5.11 Å². The van der Waals surface area contributed by atoms with E-state index in [-0.39, 0.29) is 0 Å². The van der Waals surface area contributed by atoms with Crippen molar-refractivity contribution in [2.75, 3.05) is 25.6 Å². The highest BCUT2D eigenvalue weighted by Gasteiger charge is 2.05. The molecule has 0 bridgehead atoms. The lowest BCUT2D eigenvalue weighted by molar-refractivity contribution is -0.131. The summed E-state index contributed by atoms with van der Waals surface area (Å²) in [7, 11) is 1.99. The van der Waals surface area contributed by atoms with E-state index >= 15 is 0 Å². The molecular weight excluding hydrogens is 186 g/mol. The number of nitrogens with zero attached hydrogens (tertiary/aromatic N) is 1. The van der Waals surface area contributed by atoms with Crippen LogP contribution < -0.4 is 0 Å². The number of hydrogen-bond donors (Lipinski definition) is 1. The topological polar surface area (TPSA) is 40.5 Å². The van der Waals surface area contributed by atoms with Crippen LogP contribution >= 0.6 is 11.8 Å². The van der Waals surface area contributed by atoms with E-state index in [0.29, 0.717) is 12.6 Å². The van der Waals surface area contributed by atoms with Crippen molar-refractivity contribution in [1.82, 2.24) is 4.90 Å². The van der Waals surface area contributed by atoms with Gasteiger partial charge in [-0.3, -0.25) is 4.90 Å². The first-order valence-electron chi connectivity index (χ1n) is 4.16. The Bertz CT molecular complexity index is 182. The van der Waals surface area contributed by atoms with Crippen molar-refractivity contribution in [3.63, 3.8) is 0 Å². The highest BCUT2D eigenvalue weighted by molar-refractivity contribution is 7.98. The van der Waals surface area contributed by atoms with Gasteiger partial charge in [-0.1, -0.05) is 6.08 Å². The number of thioether (sulfide) groups is 1. The molecule has 0 rings (SSSR count). The quantitative estimate of drug-likeness (QED) is 0.661. The molecule has 0 heterocycles. The number of aliphatic carboxylic acids is 1. The van der Waals surface area contributed by atoms with Crippen LogP contribution in [-0.4, -0.2) is 47.6 Å². The van der Waals surface area contributed by atoms with Crippen LogP contribution in [0.4, 0.5) is 0 Å². The first-order chi connectivity index (χ1) is 6.07. The van der Waals surface area contributed by atoms with Gasteiger partial charge in [-0.15, -0.1) is 0 Å². The number of carbonyl (C=O) groups is 1. The average molecular weight is 203 g/mol. The molecule has 0 aliphatic heterocycles. The van der Waals surface area contributed by atoms with Gasteiger partial charge >= 0.3 is 5.97 Å². The van der Waals surface area contributed by atoms with Crippen LogP contribution in [0.15, 0.2) is 12.2 Å². The van der Waals surface area contributed by atoms with Crippen molar-refractivity contribution in [1.29, 1.82) is 0 Å². The van der Waals surface area contributed by atoms with E-state index < -0.39 is 5.97 Å². The zero-order chi connectivity index (χ0) is 10.3. The number of likely N-dealkylation sites (N-methyl/N-ethyl adjacent to an activating group) is 1. The molecule has 0 amide bonds. The summed E-state index contributed by atoms with van der Waals surface area (Å²) in [6.07, 6.45) is 4.92. The first-order valence-corrected chi connectivity index (χ1v) is 5.56. The van der Waals surface area contributed by atoms with E-state index in [1.54, 1.807) is 17.8 Å². The summed E-state index contributed by atoms with van der Waals surface area (Å²) < 4.78 is 0. The highest BCUT2D eigenvalue weighted by Crippen LogP contribution is 2.02. The molecule has 4 heteroatoms. The van der Waals surface area contributed by atoms with E-state index in [2.05, 4.69) is 18.1 Å². The predicted octanol–water partition coefficient (Wildman–Crippen LogP) is 1.31. The molecular formula is C9H17NO2S. The van der Waals surface area contributed by atoms with Gasteiger partial charge in [0.1, 0.15) is 0 Å². The SMILES string of the molecule is CSCC(C)N(C)C/C=C/C(=O)O. The molecule has 0 saturated heterocycles. The Labute approximate surface area is 83.8 Å². The van der Waals surface area contributed by atoms with E-state index in [9.17, 15) is 4.79 Å². The van der Waals surface area contributed by atoms with E-state index in [1.165, 1.54) is 6.08 Å². The third-order valence-corrected chi connectivity index (χ3v) is 2.63. The third-order valence-electron chi connectivity index (χ3n) is 1.81. The molecule has 1 unspecified atom stereocenters. The van der Waals surface area contributed by atoms with Crippen molar-refractivity contribution in [2.24, 2.45) is 0 Å². The van der Waals surface area contributed by atoms with Crippen molar-refractivity contribution in [2.45, 2.75) is 13.0 Å². The molecule has 13 heavy (non-hydrogen) atoms. The second-order valence-electron chi connectivity index (χ2n) is 2.98. The largest absolute Gasteiger partial charge is 0.478 e. The zero-order valence-corrected chi connectivity index (χ0v) is 9.17. The van der Waals surface area contributed by atoms with Gasteiger partial charge in [-0.2, -0.15) is 11.8 Å². The van der Waals surface area contributed by atoms with Crippen LogP contribution in [0.25, 0.3) is 0 Å². The molecule has 0 aromatic carbocycles. The van der Waals surface area contributed by atoms with Crippen molar-refractivity contribution < 1.29 is 9.90 Å². The Morgan fingerprint density at radius 3 is 2.77 bits per heavy atom. The maximum Gasteiger partial charge on any atom is 0.328 e. The summed E-state index contributed by atoms with van der Waals surface area (Å²) in [6, 6.07) is 0.480. The Hall–Kier alpha value is -0.480. The molecule has 0 aromatic rings. The lowest BCUT2D eigenvalue weighted by atomic mass is 10.3. The van der Waals surface area contributed by atoms with Crippen LogP contribution in [0.2, 0.25) is 0 Å². The van der Waals surface area contributed by atoms with Gasteiger partial charge in [-0.05, 0) is 20.2 Å². The second-order valence-corrected chi connectivity index (χ2v) is 3.90. The normalized spacial score (nSPS) is 13.8. The summed E-state index contributed by atoms with van der Waals surface area (Å²) in [5, 5.41) is 8.36. The number of rotatable bonds is 6. The van der Waals surface area contributed by atoms with E-state index in [0.717, 1.165) is 5.75 Å². The Balaban J connectivity index is 3.72. The maximum atomic E-state index is 10.2. The molecule has 3 nitrogen and oxygen atoms in total. The third kappa shape index (κ3) is 6.66. The van der Waals surface area contributed by atoms with Gasteiger partial charge in [0.05, 0.1) is 0 Å². The van der Waals surface area contributed by atoms with Crippen LogP contribution in [-0.2, 0) is 4.79 Å². The first kappa shape index (κ1) is 12.5. The maximum absolute atomic E-state index is 10.2. The van der Waals surface area contributed by atoms with Crippen LogP contribution in [0.1, 0.15) is 6.92 Å². The van der Waals surface area contributed by atoms with Crippen LogP contribution in [0, 0.1) is 0 Å². The molecule has 0 fully saturated rings. The fraction of sp³-hybridized carbons (Fsp3) is 0.667. The van der Waals surface area contributed by atoms with Gasteiger partial charge in [0.2, 0.25) is 0 Å². The fourth-order valence-electron chi connectivity index (χ4n) is 0.868. The molecule has 0 aliphatic carbocycles. The summed E-state index contributed by atoms with van der Waals surface area (Å²) in [6.45, 7) is 2.82. The van der Waals surface area contributed by atoms with Crippen LogP contribution in [0.5, 0.6) is 0 Å². The van der Waals surface area contributed by atoms with Gasteiger partial charge in [0.15, 0.2) is 0 Å². The Kier molecular flexibility index (Phi) is 6.72. The summed E-state index contributed by atoms with van der Waals surface area (Å²) >= 11 is 1.80. The van der Waals surface area contributed by atoms with Crippen molar-refractivity contribution in [3.8, 4) is 0 Å². The number of hydrogen-bond acceptors (Lipinski definition) is 3. The van der Waals surface area contributed by atoms with E-state index in [1.807, 2.05) is 7.05 Å². The van der Waals surface area contributed by atoms with E-state index in [4.69, 9.17) is 5.11 Å².